The summed E-state index contributed by atoms with van der Waals surface area (Å²) in [6.45, 7) is 3.73. The van der Waals surface area contributed by atoms with Crippen LogP contribution in [0.15, 0.2) is 18.3 Å². The molecule has 0 aromatic carbocycles. The molecule has 1 aliphatic carbocycles. The molecule has 1 aliphatic heterocycles. The summed E-state index contributed by atoms with van der Waals surface area (Å²) in [6.07, 6.45) is 8.21. The van der Waals surface area contributed by atoms with Crippen LogP contribution >= 0.6 is 0 Å². The Bertz CT molecular complexity index is 743. The van der Waals surface area contributed by atoms with E-state index in [1.54, 1.807) is 6.20 Å². The zero-order valence-corrected chi connectivity index (χ0v) is 15.1. The quantitative estimate of drug-likeness (QED) is 0.901. The number of anilines is 1. The fraction of sp³-hybridized carbons (Fsp3) is 0.611. The van der Waals surface area contributed by atoms with Crippen LogP contribution in [-0.4, -0.2) is 50.2 Å². The summed E-state index contributed by atoms with van der Waals surface area (Å²) < 4.78 is 1.85. The first kappa shape index (κ1) is 16.9. The van der Waals surface area contributed by atoms with E-state index in [1.165, 1.54) is 12.8 Å². The fourth-order valence-corrected chi connectivity index (χ4v) is 3.81. The Morgan fingerprint density at radius 3 is 2.54 bits per heavy atom. The van der Waals surface area contributed by atoms with Gasteiger partial charge in [-0.25, -0.2) is 4.68 Å². The molecule has 4 rings (SSSR count). The molecule has 8 heteroatoms. The number of rotatable bonds is 4. The van der Waals surface area contributed by atoms with Crippen LogP contribution in [0.4, 0.5) is 5.82 Å². The maximum Gasteiger partial charge on any atom is 0.273 e. The summed E-state index contributed by atoms with van der Waals surface area (Å²) in [7, 11) is 0. The molecule has 1 amide bonds. The second kappa shape index (κ2) is 7.39. The smallest absolute Gasteiger partial charge is 0.273 e. The lowest BCUT2D eigenvalue weighted by atomic mass is 10.1. The van der Waals surface area contributed by atoms with Crippen molar-refractivity contribution in [3.05, 3.63) is 29.7 Å². The minimum atomic E-state index is -0.101. The highest BCUT2D eigenvalue weighted by Gasteiger charge is 2.24. The van der Waals surface area contributed by atoms with E-state index in [1.807, 2.05) is 23.7 Å². The number of carbonyl (C=O) groups is 1. The third kappa shape index (κ3) is 3.68. The summed E-state index contributed by atoms with van der Waals surface area (Å²) in [4.78, 5) is 14.6. The van der Waals surface area contributed by atoms with Gasteiger partial charge in [-0.15, -0.1) is 10.2 Å². The van der Waals surface area contributed by atoms with Crippen LogP contribution in [0.25, 0.3) is 0 Å². The molecule has 3 heterocycles. The van der Waals surface area contributed by atoms with Gasteiger partial charge in [-0.05, 0) is 44.7 Å². The number of nitrogens with zero attached hydrogens (tertiary/aromatic N) is 6. The summed E-state index contributed by atoms with van der Waals surface area (Å²) in [6, 6.07) is 4.57. The zero-order valence-electron chi connectivity index (χ0n) is 15.1. The average Bonchev–Trinajstić information content (AvgIpc) is 3.34. The first-order valence-electron chi connectivity index (χ1n) is 9.47. The molecule has 138 valence electrons. The minimum Gasteiger partial charge on any atom is -0.355 e. The van der Waals surface area contributed by atoms with E-state index in [4.69, 9.17) is 0 Å². The van der Waals surface area contributed by atoms with Crippen molar-refractivity contribution in [3.8, 4) is 0 Å². The maximum absolute atomic E-state index is 12.3. The van der Waals surface area contributed by atoms with Crippen LogP contribution in [0.3, 0.4) is 0 Å². The molecule has 2 aliphatic rings. The number of nitrogens with one attached hydrogen (secondary N) is 1. The van der Waals surface area contributed by atoms with E-state index in [-0.39, 0.29) is 11.9 Å². The molecule has 1 saturated heterocycles. The van der Waals surface area contributed by atoms with Crippen LogP contribution in [0, 0.1) is 6.92 Å². The Kier molecular flexibility index (Phi) is 4.81. The number of piperidine rings is 1. The van der Waals surface area contributed by atoms with Gasteiger partial charge in [0.2, 0.25) is 0 Å². The van der Waals surface area contributed by atoms with Crippen molar-refractivity contribution < 1.29 is 4.79 Å². The minimum absolute atomic E-state index is 0.101. The fourth-order valence-electron chi connectivity index (χ4n) is 3.81. The Hall–Kier alpha value is -2.51. The predicted octanol–water partition coefficient (Wildman–Crippen LogP) is 1.89. The first-order valence-corrected chi connectivity index (χ1v) is 9.47. The third-order valence-electron chi connectivity index (χ3n) is 5.38. The summed E-state index contributed by atoms with van der Waals surface area (Å²) in [5, 5.41) is 19.8. The number of hydrogen-bond donors (Lipinski definition) is 1. The van der Waals surface area contributed by atoms with Crippen molar-refractivity contribution in [1.82, 2.24) is 30.5 Å². The average molecular weight is 355 g/mol. The summed E-state index contributed by atoms with van der Waals surface area (Å²) >= 11 is 0. The second-order valence-corrected chi connectivity index (χ2v) is 7.29. The van der Waals surface area contributed by atoms with E-state index in [2.05, 4.69) is 30.7 Å². The van der Waals surface area contributed by atoms with E-state index in [0.717, 1.165) is 50.3 Å². The molecular formula is C18H25N7O. The van der Waals surface area contributed by atoms with Crippen molar-refractivity contribution >= 4 is 11.7 Å². The van der Waals surface area contributed by atoms with Crippen molar-refractivity contribution in [2.24, 2.45) is 0 Å². The second-order valence-electron chi connectivity index (χ2n) is 7.29. The molecule has 2 fully saturated rings. The van der Waals surface area contributed by atoms with E-state index in [9.17, 15) is 4.79 Å². The van der Waals surface area contributed by atoms with Gasteiger partial charge >= 0.3 is 0 Å². The highest BCUT2D eigenvalue weighted by atomic mass is 16.2. The van der Waals surface area contributed by atoms with Crippen molar-refractivity contribution in [3.63, 3.8) is 0 Å². The molecule has 0 spiro atoms. The molecule has 8 nitrogen and oxygen atoms in total. The topological polar surface area (TPSA) is 88.8 Å². The normalized spacial score (nSPS) is 19.0. The monoisotopic (exact) mass is 355 g/mol. The van der Waals surface area contributed by atoms with Gasteiger partial charge < -0.3 is 10.2 Å². The van der Waals surface area contributed by atoms with E-state index in [0.29, 0.717) is 11.7 Å². The molecule has 0 radical (unpaired) electrons. The number of aryl methyl sites for hydroxylation is 1. The predicted molar refractivity (Wildman–Crippen MR) is 97.0 cm³/mol. The van der Waals surface area contributed by atoms with Gasteiger partial charge in [0.05, 0.1) is 17.9 Å². The van der Waals surface area contributed by atoms with E-state index >= 15 is 0 Å². The van der Waals surface area contributed by atoms with Crippen LogP contribution in [0.5, 0.6) is 0 Å². The number of amides is 1. The lowest BCUT2D eigenvalue weighted by Gasteiger charge is -2.32. The van der Waals surface area contributed by atoms with Gasteiger partial charge in [-0.2, -0.15) is 5.10 Å². The van der Waals surface area contributed by atoms with Crippen LogP contribution in [0.2, 0.25) is 0 Å². The van der Waals surface area contributed by atoms with Crippen LogP contribution in [0.1, 0.15) is 60.7 Å². The van der Waals surface area contributed by atoms with Crippen molar-refractivity contribution in [1.29, 1.82) is 0 Å². The molecular weight excluding hydrogens is 330 g/mol. The van der Waals surface area contributed by atoms with Gasteiger partial charge in [-0.1, -0.05) is 18.1 Å². The number of aromatic nitrogens is 5. The van der Waals surface area contributed by atoms with Crippen LogP contribution < -0.4 is 10.2 Å². The molecule has 26 heavy (non-hydrogen) atoms. The Labute approximate surface area is 153 Å². The molecule has 1 saturated carbocycles. The van der Waals surface area contributed by atoms with Gasteiger partial charge in [0.15, 0.2) is 11.5 Å². The largest absolute Gasteiger partial charge is 0.355 e. The van der Waals surface area contributed by atoms with Gasteiger partial charge in [0, 0.05) is 19.1 Å². The van der Waals surface area contributed by atoms with Crippen molar-refractivity contribution in [2.45, 2.75) is 57.5 Å². The molecule has 1 N–H and O–H groups in total. The highest BCUT2D eigenvalue weighted by Crippen LogP contribution is 2.25. The summed E-state index contributed by atoms with van der Waals surface area (Å²) in [5.74, 6) is 0.819. The van der Waals surface area contributed by atoms with Gasteiger partial charge in [-0.3, -0.25) is 4.79 Å². The molecule has 0 unspecified atom stereocenters. The number of carbonyl (C=O) groups excluding carboxylic acids is 1. The molecule has 2 aromatic heterocycles. The molecule has 2 aromatic rings. The Morgan fingerprint density at radius 1 is 1.08 bits per heavy atom. The standard InChI is InChI=1S/C18H25N7O/c1-13-6-7-17(22-20-13)24-10-8-15(9-11-24)25-12-16(21-23-25)18(26)19-14-4-2-3-5-14/h6-7,12,14-15H,2-5,8-11H2,1H3,(H,19,26). The number of hydrogen-bond acceptors (Lipinski definition) is 6. The van der Waals surface area contributed by atoms with Crippen LogP contribution in [-0.2, 0) is 0 Å². The zero-order chi connectivity index (χ0) is 17.9. The third-order valence-corrected chi connectivity index (χ3v) is 5.38. The lowest BCUT2D eigenvalue weighted by molar-refractivity contribution is 0.0932. The molecule has 0 bridgehead atoms. The first-order chi connectivity index (χ1) is 12.7. The Balaban J connectivity index is 1.33. The van der Waals surface area contributed by atoms with Gasteiger partial charge in [0.1, 0.15) is 0 Å². The Morgan fingerprint density at radius 2 is 1.85 bits per heavy atom. The lowest BCUT2D eigenvalue weighted by Crippen LogP contribution is -2.35. The van der Waals surface area contributed by atoms with Gasteiger partial charge in [0.25, 0.3) is 5.91 Å². The highest BCUT2D eigenvalue weighted by molar-refractivity contribution is 5.92. The summed E-state index contributed by atoms with van der Waals surface area (Å²) in [5.41, 5.74) is 1.35. The SMILES string of the molecule is Cc1ccc(N2CCC(n3cc(C(=O)NC4CCCC4)nn3)CC2)nn1. The van der Waals surface area contributed by atoms with E-state index < -0.39 is 0 Å². The molecule has 0 atom stereocenters. The maximum atomic E-state index is 12.3. The van der Waals surface area contributed by atoms with Crippen molar-refractivity contribution in [2.75, 3.05) is 18.0 Å².